The Bertz CT molecular complexity index is 362. The third-order valence-electron chi connectivity index (χ3n) is 2.54. The number of carbonyl (C=O) groups is 1. The van der Waals surface area contributed by atoms with Gasteiger partial charge >= 0.3 is 0 Å². The second-order valence-electron chi connectivity index (χ2n) is 3.70. The Hall–Kier alpha value is -0.960. The molecule has 2 nitrogen and oxygen atoms in total. The van der Waals surface area contributed by atoms with Gasteiger partial charge in [0.1, 0.15) is 11.5 Å². The van der Waals surface area contributed by atoms with Gasteiger partial charge in [0.05, 0.1) is 7.11 Å². The highest BCUT2D eigenvalue weighted by Gasteiger charge is 2.22. The SMILES string of the molecule is COc1cccc(SC2CCC(=O)C2)c1. The number of hydrogen-bond acceptors (Lipinski definition) is 3. The topological polar surface area (TPSA) is 26.3 Å². The van der Waals surface area contributed by atoms with E-state index in [1.807, 2.05) is 18.2 Å². The van der Waals surface area contributed by atoms with E-state index in [-0.39, 0.29) is 0 Å². The van der Waals surface area contributed by atoms with Crippen molar-refractivity contribution in [3.05, 3.63) is 24.3 Å². The molecule has 0 radical (unpaired) electrons. The van der Waals surface area contributed by atoms with Gasteiger partial charge in [0.15, 0.2) is 0 Å². The van der Waals surface area contributed by atoms with Crippen LogP contribution in [0, 0.1) is 0 Å². The molecule has 0 aromatic heterocycles. The molecule has 15 heavy (non-hydrogen) atoms. The molecule has 80 valence electrons. The molecule has 1 aliphatic rings. The van der Waals surface area contributed by atoms with Crippen LogP contribution in [0.25, 0.3) is 0 Å². The molecule has 1 saturated carbocycles. The van der Waals surface area contributed by atoms with Crippen molar-refractivity contribution in [1.82, 2.24) is 0 Å². The summed E-state index contributed by atoms with van der Waals surface area (Å²) in [6.07, 6.45) is 2.49. The second-order valence-corrected chi connectivity index (χ2v) is 5.07. The smallest absolute Gasteiger partial charge is 0.134 e. The minimum atomic E-state index is 0.399. The normalized spacial score (nSPS) is 20.6. The molecule has 1 atom stereocenters. The van der Waals surface area contributed by atoms with Crippen molar-refractivity contribution in [3.8, 4) is 5.75 Å². The van der Waals surface area contributed by atoms with Crippen LogP contribution in [0.2, 0.25) is 0 Å². The molecule has 0 bridgehead atoms. The van der Waals surface area contributed by atoms with Gasteiger partial charge in [-0.05, 0) is 24.6 Å². The summed E-state index contributed by atoms with van der Waals surface area (Å²) in [5, 5.41) is 0.463. The molecule has 0 heterocycles. The quantitative estimate of drug-likeness (QED) is 0.786. The standard InChI is InChI=1S/C12H14O2S/c1-14-10-3-2-4-11(8-10)15-12-6-5-9(13)7-12/h2-4,8,12H,5-7H2,1H3. The van der Waals surface area contributed by atoms with E-state index in [9.17, 15) is 4.79 Å². The first-order valence-corrected chi connectivity index (χ1v) is 5.98. The van der Waals surface area contributed by atoms with Crippen LogP contribution in [0.5, 0.6) is 5.75 Å². The third-order valence-corrected chi connectivity index (χ3v) is 3.81. The zero-order valence-electron chi connectivity index (χ0n) is 8.73. The van der Waals surface area contributed by atoms with Gasteiger partial charge in [-0.15, -0.1) is 11.8 Å². The van der Waals surface area contributed by atoms with Gasteiger partial charge in [-0.1, -0.05) is 6.07 Å². The third kappa shape index (κ3) is 2.75. The van der Waals surface area contributed by atoms with Crippen LogP contribution in [-0.4, -0.2) is 18.1 Å². The molecule has 0 saturated heterocycles. The molecule has 0 amide bonds. The molecule has 1 unspecified atom stereocenters. The number of rotatable bonds is 3. The summed E-state index contributed by atoms with van der Waals surface area (Å²) in [7, 11) is 1.67. The van der Waals surface area contributed by atoms with Gasteiger partial charge in [0, 0.05) is 23.0 Å². The number of carbonyl (C=O) groups excluding carboxylic acids is 1. The summed E-state index contributed by atoms with van der Waals surface area (Å²) < 4.78 is 5.16. The van der Waals surface area contributed by atoms with E-state index in [0.717, 1.165) is 25.0 Å². The van der Waals surface area contributed by atoms with Crippen LogP contribution in [0.1, 0.15) is 19.3 Å². The molecule has 1 aromatic rings. The van der Waals surface area contributed by atoms with Crippen molar-refractivity contribution in [1.29, 1.82) is 0 Å². The summed E-state index contributed by atoms with van der Waals surface area (Å²) in [5.41, 5.74) is 0. The highest BCUT2D eigenvalue weighted by molar-refractivity contribution is 8.00. The van der Waals surface area contributed by atoms with E-state index >= 15 is 0 Å². The van der Waals surface area contributed by atoms with Gasteiger partial charge in [-0.3, -0.25) is 4.79 Å². The van der Waals surface area contributed by atoms with Gasteiger partial charge < -0.3 is 4.74 Å². The zero-order valence-corrected chi connectivity index (χ0v) is 9.55. The number of hydrogen-bond donors (Lipinski definition) is 0. The van der Waals surface area contributed by atoms with Crippen LogP contribution < -0.4 is 4.74 Å². The first-order chi connectivity index (χ1) is 7.28. The lowest BCUT2D eigenvalue weighted by Crippen LogP contribution is -1.96. The molecular weight excluding hydrogens is 208 g/mol. The van der Waals surface area contributed by atoms with Crippen LogP contribution in [0.4, 0.5) is 0 Å². The van der Waals surface area contributed by atoms with Crippen molar-refractivity contribution in [2.75, 3.05) is 7.11 Å². The predicted molar refractivity (Wildman–Crippen MR) is 61.5 cm³/mol. The molecule has 0 spiro atoms. The number of ether oxygens (including phenoxy) is 1. The van der Waals surface area contributed by atoms with E-state index in [2.05, 4.69) is 6.07 Å². The molecule has 3 heteroatoms. The largest absolute Gasteiger partial charge is 0.497 e. The molecule has 0 N–H and O–H groups in total. The summed E-state index contributed by atoms with van der Waals surface area (Å²) in [4.78, 5) is 12.3. The molecule has 1 aliphatic carbocycles. The average Bonchev–Trinajstić information content (AvgIpc) is 2.64. The summed E-state index contributed by atoms with van der Waals surface area (Å²) >= 11 is 1.78. The monoisotopic (exact) mass is 222 g/mol. The molecule has 0 aliphatic heterocycles. The first kappa shape index (κ1) is 10.6. The Labute approximate surface area is 94.0 Å². The number of thioether (sulfide) groups is 1. The average molecular weight is 222 g/mol. The fraction of sp³-hybridized carbons (Fsp3) is 0.417. The van der Waals surface area contributed by atoms with Gasteiger partial charge in [0.2, 0.25) is 0 Å². The van der Waals surface area contributed by atoms with E-state index in [0.29, 0.717) is 11.0 Å². The fourth-order valence-electron chi connectivity index (χ4n) is 1.75. The Morgan fingerprint density at radius 2 is 2.33 bits per heavy atom. The van der Waals surface area contributed by atoms with Crippen molar-refractivity contribution >= 4 is 17.5 Å². The number of ketones is 1. The van der Waals surface area contributed by atoms with Crippen molar-refractivity contribution < 1.29 is 9.53 Å². The highest BCUT2D eigenvalue weighted by Crippen LogP contribution is 2.34. The van der Waals surface area contributed by atoms with E-state index in [1.165, 1.54) is 4.90 Å². The van der Waals surface area contributed by atoms with Gasteiger partial charge in [0.25, 0.3) is 0 Å². The fourth-order valence-corrected chi connectivity index (χ4v) is 2.98. The van der Waals surface area contributed by atoms with Crippen molar-refractivity contribution in [3.63, 3.8) is 0 Å². The maximum Gasteiger partial charge on any atom is 0.134 e. The number of benzene rings is 1. The van der Waals surface area contributed by atoms with E-state index in [1.54, 1.807) is 18.9 Å². The highest BCUT2D eigenvalue weighted by atomic mass is 32.2. The van der Waals surface area contributed by atoms with Crippen LogP contribution >= 0.6 is 11.8 Å². The maximum atomic E-state index is 11.1. The van der Waals surface area contributed by atoms with Gasteiger partial charge in [-0.2, -0.15) is 0 Å². The van der Waals surface area contributed by atoms with Crippen LogP contribution in [0.3, 0.4) is 0 Å². The molecular formula is C12H14O2S. The first-order valence-electron chi connectivity index (χ1n) is 5.10. The Morgan fingerprint density at radius 3 is 3.00 bits per heavy atom. The maximum absolute atomic E-state index is 11.1. The zero-order chi connectivity index (χ0) is 10.7. The molecule has 1 fully saturated rings. The lowest BCUT2D eigenvalue weighted by Gasteiger charge is -2.08. The number of methoxy groups -OCH3 is 1. The van der Waals surface area contributed by atoms with E-state index in [4.69, 9.17) is 4.74 Å². The van der Waals surface area contributed by atoms with Crippen molar-refractivity contribution in [2.24, 2.45) is 0 Å². The van der Waals surface area contributed by atoms with E-state index < -0.39 is 0 Å². The number of Topliss-reactive ketones (excluding diaryl/α,β-unsaturated/α-hetero) is 1. The summed E-state index contributed by atoms with van der Waals surface area (Å²) in [6, 6.07) is 8.01. The second kappa shape index (κ2) is 4.71. The molecule has 2 rings (SSSR count). The van der Waals surface area contributed by atoms with Crippen molar-refractivity contribution in [2.45, 2.75) is 29.4 Å². The lowest BCUT2D eigenvalue weighted by atomic mass is 10.3. The predicted octanol–water partition coefficient (Wildman–Crippen LogP) is 2.91. The lowest BCUT2D eigenvalue weighted by molar-refractivity contribution is -0.117. The minimum absolute atomic E-state index is 0.399. The molecule has 1 aromatic carbocycles. The Balaban J connectivity index is 2.01. The summed E-state index contributed by atoms with van der Waals surface area (Å²) in [6.45, 7) is 0. The Morgan fingerprint density at radius 1 is 1.47 bits per heavy atom. The van der Waals surface area contributed by atoms with Crippen LogP contribution in [0.15, 0.2) is 29.2 Å². The minimum Gasteiger partial charge on any atom is -0.497 e. The van der Waals surface area contributed by atoms with Crippen LogP contribution in [-0.2, 0) is 4.79 Å². The summed E-state index contributed by atoms with van der Waals surface area (Å²) in [5.74, 6) is 1.28. The van der Waals surface area contributed by atoms with Gasteiger partial charge in [-0.25, -0.2) is 0 Å². The Kier molecular flexibility index (Phi) is 3.31.